The van der Waals surface area contributed by atoms with Gasteiger partial charge < -0.3 is 0 Å². The molecule has 0 aromatic carbocycles. The van der Waals surface area contributed by atoms with Gasteiger partial charge in [0.25, 0.3) is 0 Å². The van der Waals surface area contributed by atoms with E-state index in [4.69, 9.17) is 6.65 Å². The Morgan fingerprint density at radius 2 is 1.00 bits per heavy atom. The first-order valence-corrected chi connectivity index (χ1v) is 2.44. The van der Waals surface area contributed by atoms with Crippen LogP contribution in [0.3, 0.4) is 0 Å². The molecule has 0 aliphatic heterocycles. The van der Waals surface area contributed by atoms with Gasteiger partial charge in [0.15, 0.2) is 0 Å². The maximum absolute atomic E-state index is 9.69. The summed E-state index contributed by atoms with van der Waals surface area (Å²) in [6.07, 6.45) is -5.50. The molecule has 0 saturated heterocycles. The zero-order valence-electron chi connectivity index (χ0n) is 3.33. The Hall–Kier alpha value is 0.0343. The quantitative estimate of drug-likeness (QED) is 0.402. The Morgan fingerprint density at radius 3 is 1.00 bits per heavy atom. The van der Waals surface area contributed by atoms with Crippen molar-refractivity contribution >= 4 is 0 Å². The zero-order valence-corrected chi connectivity index (χ0v) is 4.89. The van der Waals surface area contributed by atoms with Crippen molar-refractivity contribution in [2.75, 3.05) is 0 Å². The molecule has 0 aliphatic carbocycles. The molecule has 0 spiro atoms. The van der Waals surface area contributed by atoms with Gasteiger partial charge in [-0.05, 0) is 0 Å². The molecule has 0 aromatic heterocycles. The maximum atomic E-state index is 9.69. The van der Waals surface area contributed by atoms with Gasteiger partial charge in [-0.1, -0.05) is 0 Å². The van der Waals surface area contributed by atoms with E-state index in [2.05, 4.69) is 0 Å². The summed E-state index contributed by atoms with van der Waals surface area (Å²) in [5.74, 6) is 0. The molecule has 0 radical (unpaired) electrons. The van der Waals surface area contributed by atoms with Crippen LogP contribution >= 0.6 is 0 Å². The number of rotatable bonds is 0. The normalized spacial score (nSPS) is 8.50. The van der Waals surface area contributed by atoms with Gasteiger partial charge in [0, 0.05) is 0 Å². The Kier molecular flexibility index (Phi) is 7.06. The third kappa shape index (κ3) is 130000. The first-order chi connectivity index (χ1) is 3.41. The van der Waals surface area contributed by atoms with Gasteiger partial charge in [0.05, 0.1) is 0 Å². The van der Waals surface area contributed by atoms with Crippen LogP contribution in [-0.4, -0.2) is 6.43 Å². The molecule has 0 aromatic rings. The van der Waals surface area contributed by atoms with Crippen LogP contribution in [0.5, 0.6) is 0 Å². The third-order valence-electron chi connectivity index (χ3n) is 0. The molecular weight excluding hydrogens is 168 g/mol. The van der Waals surface area contributed by atoms with E-state index in [-0.39, 0.29) is 0 Å². The molecule has 2 nitrogen and oxygen atoms in total. The average Bonchev–Trinajstić information content (AvgIpc) is 1.27. The summed E-state index contributed by atoms with van der Waals surface area (Å²) >= 11 is -2.00. The molecular formula is CF4O2Ti. The fraction of sp³-hybridized carbons (Fsp3) is 1.00. The van der Waals surface area contributed by atoms with Gasteiger partial charge in [-0.3, -0.25) is 0 Å². The Bertz CT molecular complexity index is 74.5. The summed E-state index contributed by atoms with van der Waals surface area (Å²) in [7, 11) is 0. The molecule has 0 aliphatic rings. The fourth-order valence-electron chi connectivity index (χ4n) is 0. The minimum atomic E-state index is -5.50. The summed E-state index contributed by atoms with van der Waals surface area (Å²) < 4.78 is 55.8. The molecule has 48 valence electrons. The number of halogens is 4. The van der Waals surface area contributed by atoms with Crippen molar-refractivity contribution in [1.29, 1.82) is 0 Å². The van der Waals surface area contributed by atoms with Crippen LogP contribution in [0.15, 0.2) is 0 Å². The SMILES string of the molecule is FC(F)(F)F.[O]=[Ti]=[O]. The van der Waals surface area contributed by atoms with Crippen LogP contribution in [0.2, 0.25) is 0 Å². The molecule has 0 rings (SSSR count). The monoisotopic (exact) mass is 168 g/mol. The molecule has 0 saturated carbocycles. The van der Waals surface area contributed by atoms with Crippen molar-refractivity contribution < 1.29 is 43.3 Å². The van der Waals surface area contributed by atoms with Crippen LogP contribution in [0.25, 0.3) is 0 Å². The van der Waals surface area contributed by atoms with E-state index in [1.165, 1.54) is 0 Å². The van der Waals surface area contributed by atoms with Crippen molar-refractivity contribution in [3.63, 3.8) is 0 Å². The predicted molar refractivity (Wildman–Crippen MR) is 8.54 cm³/mol. The summed E-state index contributed by atoms with van der Waals surface area (Å²) in [4.78, 5) is 0. The van der Waals surface area contributed by atoms with Gasteiger partial charge in [-0.2, -0.15) is 0 Å². The molecule has 0 bridgehead atoms. The number of alkyl halides is 4. The topological polar surface area (TPSA) is 34.1 Å². The summed E-state index contributed by atoms with van der Waals surface area (Å²) in [5, 5.41) is 0. The van der Waals surface area contributed by atoms with E-state index < -0.39 is 25.5 Å². The van der Waals surface area contributed by atoms with Crippen LogP contribution < -0.4 is 0 Å². The fourth-order valence-corrected chi connectivity index (χ4v) is 0. The second-order valence-corrected chi connectivity index (χ2v) is 0.772. The van der Waals surface area contributed by atoms with E-state index in [1.807, 2.05) is 0 Å². The summed E-state index contributed by atoms with van der Waals surface area (Å²) in [6, 6.07) is 0. The van der Waals surface area contributed by atoms with Crippen molar-refractivity contribution in [3.8, 4) is 0 Å². The van der Waals surface area contributed by atoms with E-state index in [0.29, 0.717) is 0 Å². The van der Waals surface area contributed by atoms with Crippen molar-refractivity contribution in [3.05, 3.63) is 0 Å². The van der Waals surface area contributed by atoms with Gasteiger partial charge in [-0.25, -0.2) is 0 Å². The summed E-state index contributed by atoms with van der Waals surface area (Å²) in [6.45, 7) is 0. The third-order valence-corrected chi connectivity index (χ3v) is 0. The molecule has 0 N–H and O–H groups in total. The molecule has 8 heavy (non-hydrogen) atoms. The Morgan fingerprint density at radius 1 is 1.00 bits per heavy atom. The zero-order chi connectivity index (χ0) is 7.21. The minimum absolute atomic E-state index is 2.00. The molecule has 7 heteroatoms. The van der Waals surface area contributed by atoms with Crippen molar-refractivity contribution in [1.82, 2.24) is 0 Å². The Labute approximate surface area is 50.4 Å². The van der Waals surface area contributed by atoms with E-state index in [1.54, 1.807) is 0 Å². The van der Waals surface area contributed by atoms with Crippen LogP contribution in [0.4, 0.5) is 17.6 Å². The van der Waals surface area contributed by atoms with Gasteiger partial charge >= 0.3 is 32.2 Å². The number of hydrogen-bond acceptors (Lipinski definition) is 2. The predicted octanol–water partition coefficient (Wildman–Crippen LogP) is 1.24. The van der Waals surface area contributed by atoms with Crippen LogP contribution in [0.1, 0.15) is 0 Å². The second-order valence-electron chi connectivity index (χ2n) is 0.512. The Balaban J connectivity index is 0. The van der Waals surface area contributed by atoms with E-state index >= 15 is 0 Å². The molecule has 0 amide bonds. The molecule has 0 fully saturated rings. The molecule has 0 heterocycles. The van der Waals surface area contributed by atoms with E-state index in [0.717, 1.165) is 0 Å². The van der Waals surface area contributed by atoms with Gasteiger partial charge in [-0.15, -0.1) is 17.6 Å². The number of hydrogen-bond donors (Lipinski definition) is 0. The van der Waals surface area contributed by atoms with Gasteiger partial charge in [0.1, 0.15) is 0 Å². The molecule has 0 unspecified atom stereocenters. The first-order valence-electron chi connectivity index (χ1n) is 1.16. The van der Waals surface area contributed by atoms with Crippen LogP contribution in [-0.2, 0) is 25.7 Å². The first kappa shape index (κ1) is 10.9. The second kappa shape index (κ2) is 5.18. The van der Waals surface area contributed by atoms with E-state index in [9.17, 15) is 17.6 Å². The van der Waals surface area contributed by atoms with Crippen molar-refractivity contribution in [2.45, 2.75) is 6.43 Å². The molecule has 0 atom stereocenters. The standard InChI is InChI=1S/CF4.2O.Ti/c2-1(3,4)5;;;. The average molecular weight is 168 g/mol. The van der Waals surface area contributed by atoms with Crippen LogP contribution in [0, 0.1) is 0 Å². The summed E-state index contributed by atoms with van der Waals surface area (Å²) in [5.41, 5.74) is 0. The van der Waals surface area contributed by atoms with Crippen molar-refractivity contribution in [2.24, 2.45) is 0 Å². The van der Waals surface area contributed by atoms with Gasteiger partial charge in [0.2, 0.25) is 0 Å².